The van der Waals surface area contributed by atoms with Crippen LogP contribution < -0.4 is 20.9 Å². The minimum atomic E-state index is -0.134. The molecular formula is C29H28ClN9O. The lowest BCUT2D eigenvalue weighted by Gasteiger charge is -2.36. The third kappa shape index (κ3) is 5.55. The number of amides is 2. The number of para-hydroxylation sites is 1. The van der Waals surface area contributed by atoms with E-state index < -0.39 is 0 Å². The molecule has 4 heterocycles. The van der Waals surface area contributed by atoms with Gasteiger partial charge in [0.05, 0.1) is 17.4 Å². The maximum absolute atomic E-state index is 13.3. The number of hydrogen-bond donors (Lipinski definition) is 3. The summed E-state index contributed by atoms with van der Waals surface area (Å²) in [5.41, 5.74) is 5.11. The molecular weight excluding hydrogens is 526 g/mol. The fourth-order valence-electron chi connectivity index (χ4n) is 5.23. The van der Waals surface area contributed by atoms with Crippen LogP contribution in [-0.4, -0.2) is 53.3 Å². The predicted octanol–water partition coefficient (Wildman–Crippen LogP) is 5.39. The number of aromatic nitrogens is 2. The molecule has 10 nitrogen and oxygen atoms in total. The molecule has 1 atom stereocenters. The second kappa shape index (κ2) is 11.2. The number of benzene rings is 2. The Morgan fingerprint density at radius 3 is 2.83 bits per heavy atom. The predicted molar refractivity (Wildman–Crippen MR) is 157 cm³/mol. The van der Waals surface area contributed by atoms with Crippen molar-refractivity contribution >= 4 is 52.7 Å². The molecule has 3 aliphatic rings. The average Bonchev–Trinajstić information content (AvgIpc) is 2.99. The SMILES string of the molecule is N#Cc1ccccc1N1CCN(C(=O)Nc2ccc3cc2CCC2C=NC=C(C2)Nc2ncc(Cl)c(n2)N3)CC1. The Kier molecular flexibility index (Phi) is 7.21. The highest BCUT2D eigenvalue weighted by molar-refractivity contribution is 6.32. The molecule has 40 heavy (non-hydrogen) atoms. The summed E-state index contributed by atoms with van der Waals surface area (Å²) < 4.78 is 0. The average molecular weight is 554 g/mol. The molecule has 3 N–H and O–H groups in total. The van der Waals surface area contributed by atoms with Gasteiger partial charge in [-0.3, -0.25) is 4.99 Å². The van der Waals surface area contributed by atoms with Gasteiger partial charge in [-0.05, 0) is 55.2 Å². The third-order valence-electron chi connectivity index (χ3n) is 7.35. The van der Waals surface area contributed by atoms with Crippen LogP contribution >= 0.6 is 11.6 Å². The van der Waals surface area contributed by atoms with Crippen molar-refractivity contribution in [3.8, 4) is 6.07 Å². The number of aryl methyl sites for hydroxylation is 1. The van der Waals surface area contributed by atoms with Crippen LogP contribution in [0.4, 0.5) is 33.6 Å². The minimum Gasteiger partial charge on any atom is -0.367 e. The van der Waals surface area contributed by atoms with Gasteiger partial charge in [0, 0.05) is 61.6 Å². The number of piperazine rings is 1. The lowest BCUT2D eigenvalue weighted by atomic mass is 9.94. The molecule has 3 aromatic rings. The van der Waals surface area contributed by atoms with Crippen LogP contribution in [0.25, 0.3) is 0 Å². The number of allylic oxidation sites excluding steroid dienone is 1. The Labute approximate surface area is 237 Å². The number of urea groups is 1. The summed E-state index contributed by atoms with van der Waals surface area (Å²) >= 11 is 6.39. The van der Waals surface area contributed by atoms with E-state index in [1.807, 2.05) is 53.6 Å². The molecule has 0 radical (unpaired) electrons. The van der Waals surface area contributed by atoms with E-state index in [0.29, 0.717) is 48.5 Å². The number of anilines is 5. The van der Waals surface area contributed by atoms with E-state index in [2.05, 4.69) is 41.9 Å². The molecule has 3 aliphatic heterocycles. The first-order valence-electron chi connectivity index (χ1n) is 13.3. The highest BCUT2D eigenvalue weighted by Crippen LogP contribution is 2.31. The summed E-state index contributed by atoms with van der Waals surface area (Å²) in [5.74, 6) is 1.19. The number of halogens is 1. The Morgan fingerprint density at radius 1 is 1.12 bits per heavy atom. The van der Waals surface area contributed by atoms with Crippen molar-refractivity contribution in [2.24, 2.45) is 10.9 Å². The molecule has 1 saturated heterocycles. The first-order valence-corrected chi connectivity index (χ1v) is 13.7. The van der Waals surface area contributed by atoms with Crippen molar-refractivity contribution in [3.05, 3.63) is 76.7 Å². The van der Waals surface area contributed by atoms with E-state index in [4.69, 9.17) is 11.6 Å². The molecule has 11 heteroatoms. The van der Waals surface area contributed by atoms with Crippen LogP contribution in [0.5, 0.6) is 0 Å². The molecule has 1 fully saturated rings. The van der Waals surface area contributed by atoms with Crippen molar-refractivity contribution in [2.75, 3.05) is 47.0 Å². The largest absolute Gasteiger partial charge is 0.367 e. The molecule has 2 aromatic carbocycles. The summed E-state index contributed by atoms with van der Waals surface area (Å²) in [5, 5.41) is 19.6. The van der Waals surface area contributed by atoms with Crippen LogP contribution in [0.2, 0.25) is 5.02 Å². The summed E-state index contributed by atoms with van der Waals surface area (Å²) in [7, 11) is 0. The number of rotatable bonds is 2. The maximum Gasteiger partial charge on any atom is 0.321 e. The maximum atomic E-state index is 13.3. The van der Waals surface area contributed by atoms with E-state index in [1.54, 1.807) is 12.4 Å². The zero-order valence-corrected chi connectivity index (χ0v) is 22.5. The first kappa shape index (κ1) is 25.6. The number of nitrogens with one attached hydrogen (secondary N) is 3. The molecule has 0 aliphatic carbocycles. The molecule has 1 unspecified atom stereocenters. The quantitative estimate of drug-likeness (QED) is 0.389. The smallest absolute Gasteiger partial charge is 0.321 e. The number of nitrogens with zero attached hydrogens (tertiary/aromatic N) is 6. The summed E-state index contributed by atoms with van der Waals surface area (Å²) in [6, 6.07) is 15.6. The van der Waals surface area contributed by atoms with Crippen LogP contribution in [-0.2, 0) is 6.42 Å². The number of nitriles is 1. The summed E-state index contributed by atoms with van der Waals surface area (Å²) in [6.45, 7) is 2.45. The molecule has 6 rings (SSSR count). The van der Waals surface area contributed by atoms with Gasteiger partial charge in [-0.25, -0.2) is 9.78 Å². The monoisotopic (exact) mass is 553 g/mol. The first-order chi connectivity index (χ1) is 19.6. The summed E-state index contributed by atoms with van der Waals surface area (Å²) in [6.07, 6.45) is 7.75. The van der Waals surface area contributed by atoms with Crippen molar-refractivity contribution < 1.29 is 4.79 Å². The van der Waals surface area contributed by atoms with Crippen molar-refractivity contribution in [3.63, 3.8) is 0 Å². The fraction of sp³-hybridized carbons (Fsp3) is 0.276. The highest BCUT2D eigenvalue weighted by Gasteiger charge is 2.24. The number of carbonyl (C=O) groups excluding carboxylic acids is 1. The van der Waals surface area contributed by atoms with E-state index in [-0.39, 0.29) is 11.9 Å². The lowest BCUT2D eigenvalue weighted by molar-refractivity contribution is 0.208. The summed E-state index contributed by atoms with van der Waals surface area (Å²) in [4.78, 5) is 30.6. The Morgan fingerprint density at radius 2 is 1.98 bits per heavy atom. The van der Waals surface area contributed by atoms with E-state index >= 15 is 0 Å². The van der Waals surface area contributed by atoms with Crippen molar-refractivity contribution in [1.29, 1.82) is 5.26 Å². The number of aliphatic imine (C=N–C) groups is 1. The molecule has 1 aromatic heterocycles. The van der Waals surface area contributed by atoms with Gasteiger partial charge < -0.3 is 25.8 Å². The van der Waals surface area contributed by atoms with Crippen LogP contribution in [0, 0.1) is 17.2 Å². The molecule has 202 valence electrons. The molecule has 0 saturated carbocycles. The topological polar surface area (TPSA) is 122 Å². The van der Waals surface area contributed by atoms with E-state index in [9.17, 15) is 10.1 Å². The molecule has 0 spiro atoms. The normalized spacial score (nSPS) is 18.1. The van der Waals surface area contributed by atoms with Crippen LogP contribution in [0.3, 0.4) is 0 Å². The second-order valence-corrected chi connectivity index (χ2v) is 10.4. The number of fused-ring (bicyclic) bond motifs is 6. The van der Waals surface area contributed by atoms with E-state index in [0.717, 1.165) is 47.6 Å². The van der Waals surface area contributed by atoms with Gasteiger partial charge in [-0.1, -0.05) is 23.7 Å². The highest BCUT2D eigenvalue weighted by atomic mass is 35.5. The zero-order chi connectivity index (χ0) is 27.5. The van der Waals surface area contributed by atoms with Gasteiger partial charge in [0.1, 0.15) is 11.1 Å². The van der Waals surface area contributed by atoms with Crippen LogP contribution in [0.1, 0.15) is 24.0 Å². The van der Waals surface area contributed by atoms with Gasteiger partial charge in [0.15, 0.2) is 5.82 Å². The van der Waals surface area contributed by atoms with Gasteiger partial charge in [-0.15, -0.1) is 0 Å². The van der Waals surface area contributed by atoms with Gasteiger partial charge in [0.2, 0.25) is 5.95 Å². The Balaban J connectivity index is 1.19. The Bertz CT molecular complexity index is 1540. The van der Waals surface area contributed by atoms with Gasteiger partial charge in [0.25, 0.3) is 0 Å². The second-order valence-electron chi connectivity index (χ2n) is 10.0. The lowest BCUT2D eigenvalue weighted by Crippen LogP contribution is -2.50. The van der Waals surface area contributed by atoms with E-state index in [1.165, 1.54) is 0 Å². The number of hydrogen-bond acceptors (Lipinski definition) is 8. The Hall–Kier alpha value is -4.62. The van der Waals surface area contributed by atoms with Crippen molar-refractivity contribution in [1.82, 2.24) is 14.9 Å². The van der Waals surface area contributed by atoms with Crippen molar-refractivity contribution in [2.45, 2.75) is 19.3 Å². The zero-order valence-electron chi connectivity index (χ0n) is 21.8. The minimum absolute atomic E-state index is 0.134. The number of carbonyl (C=O) groups is 1. The van der Waals surface area contributed by atoms with Gasteiger partial charge >= 0.3 is 6.03 Å². The standard InChI is InChI=1S/C29H28ClN9O/c30-24-18-33-28-35-23-13-19(16-32-17-23)5-6-20-14-22(34-27(24)37-28)7-8-25(20)36-29(40)39-11-9-38(10-12-39)26-4-2-1-3-21(26)15-31/h1-4,7-8,14,16-19H,5-6,9-13H2,(H,36,40)(H2,33,34,35,37). The molecule has 6 bridgehead atoms. The third-order valence-corrected chi connectivity index (χ3v) is 7.63. The van der Waals surface area contributed by atoms with Crippen LogP contribution in [0.15, 0.2) is 65.6 Å². The molecule has 2 amide bonds. The van der Waals surface area contributed by atoms with Gasteiger partial charge in [-0.2, -0.15) is 10.2 Å². The fourth-order valence-corrected chi connectivity index (χ4v) is 5.37.